The lowest BCUT2D eigenvalue weighted by atomic mass is 10.3. The fourth-order valence-electron chi connectivity index (χ4n) is 1.17. The second kappa shape index (κ2) is 5.14. The maximum Gasteiger partial charge on any atom is 0.0594 e. The van der Waals surface area contributed by atoms with E-state index in [1.54, 1.807) is 0 Å². The molecule has 0 spiro atoms. The Balaban J connectivity index is 2.09. The van der Waals surface area contributed by atoms with Crippen LogP contribution < -0.4 is 0 Å². The van der Waals surface area contributed by atoms with E-state index >= 15 is 0 Å². The minimum Gasteiger partial charge on any atom is -0.379 e. The Kier molecular flexibility index (Phi) is 3.99. The summed E-state index contributed by atoms with van der Waals surface area (Å²) >= 11 is 0. The predicted octanol–water partition coefficient (Wildman–Crippen LogP) is 1.05. The van der Waals surface area contributed by atoms with Crippen molar-refractivity contribution >= 4 is 0 Å². The van der Waals surface area contributed by atoms with Gasteiger partial charge in [-0.1, -0.05) is 6.58 Å². The van der Waals surface area contributed by atoms with E-state index in [0.717, 1.165) is 39.3 Å². The highest BCUT2D eigenvalue weighted by molar-refractivity contribution is 4.77. The summed E-state index contributed by atoms with van der Waals surface area (Å²) in [6, 6.07) is 0. The van der Waals surface area contributed by atoms with Gasteiger partial charge >= 0.3 is 0 Å². The zero-order valence-corrected chi connectivity index (χ0v) is 6.88. The zero-order chi connectivity index (χ0) is 7.94. The van der Waals surface area contributed by atoms with Gasteiger partial charge in [0.05, 0.1) is 13.2 Å². The molecule has 62 valence electrons. The number of rotatable bonds is 3. The number of morpholine rings is 1. The third-order valence-corrected chi connectivity index (χ3v) is 1.84. The first-order chi connectivity index (χ1) is 5.43. The van der Waals surface area contributed by atoms with Crippen molar-refractivity contribution in [1.29, 1.82) is 0 Å². The normalized spacial score (nSPS) is 19.3. The van der Waals surface area contributed by atoms with Gasteiger partial charge in [0.1, 0.15) is 0 Å². The molecule has 0 N–H and O–H groups in total. The Hall–Kier alpha value is -0.560. The van der Waals surface area contributed by atoms with E-state index in [0.29, 0.717) is 0 Å². The molecule has 1 fully saturated rings. The van der Waals surface area contributed by atoms with E-state index < -0.39 is 0 Å². The number of hydrogen-bond acceptors (Lipinski definition) is 2. The van der Waals surface area contributed by atoms with Crippen LogP contribution in [-0.4, -0.2) is 37.7 Å². The fourth-order valence-corrected chi connectivity index (χ4v) is 1.17. The molecule has 0 unspecified atom stereocenters. The van der Waals surface area contributed by atoms with Crippen LogP contribution in [0, 0.1) is 0 Å². The highest BCUT2D eigenvalue weighted by atomic mass is 16.5. The van der Waals surface area contributed by atoms with Crippen molar-refractivity contribution in [3.05, 3.63) is 18.4 Å². The molecule has 0 aromatic heterocycles. The van der Waals surface area contributed by atoms with E-state index in [1.807, 2.05) is 6.08 Å². The summed E-state index contributed by atoms with van der Waals surface area (Å²) in [7, 11) is 0. The van der Waals surface area contributed by atoms with Crippen molar-refractivity contribution in [2.24, 2.45) is 0 Å². The summed E-state index contributed by atoms with van der Waals surface area (Å²) < 4.78 is 5.23. The lowest BCUT2D eigenvalue weighted by Crippen LogP contribution is -2.36. The van der Waals surface area contributed by atoms with E-state index in [9.17, 15) is 0 Å². The van der Waals surface area contributed by atoms with Crippen LogP contribution in [0.2, 0.25) is 0 Å². The monoisotopic (exact) mass is 153 g/mol. The van der Waals surface area contributed by atoms with Crippen molar-refractivity contribution in [2.45, 2.75) is 6.42 Å². The van der Waals surface area contributed by atoms with Gasteiger partial charge in [0.2, 0.25) is 0 Å². The van der Waals surface area contributed by atoms with Crippen molar-refractivity contribution < 1.29 is 4.74 Å². The highest BCUT2D eigenvalue weighted by Crippen LogP contribution is 1.97. The second-order valence-corrected chi connectivity index (χ2v) is 2.65. The van der Waals surface area contributed by atoms with Gasteiger partial charge in [-0.15, -0.1) is 5.73 Å². The van der Waals surface area contributed by atoms with Crippen LogP contribution >= 0.6 is 0 Å². The number of hydrogen-bond donors (Lipinski definition) is 0. The second-order valence-electron chi connectivity index (χ2n) is 2.65. The minimum atomic E-state index is 0.887. The van der Waals surface area contributed by atoms with Crippen LogP contribution in [0.3, 0.4) is 0 Å². The third kappa shape index (κ3) is 3.38. The molecule has 0 aromatic rings. The quantitative estimate of drug-likeness (QED) is 0.562. The average molecular weight is 153 g/mol. The predicted molar refractivity (Wildman–Crippen MR) is 45.6 cm³/mol. The topological polar surface area (TPSA) is 12.5 Å². The Morgan fingerprint density at radius 3 is 2.82 bits per heavy atom. The Bertz CT molecular complexity index is 144. The van der Waals surface area contributed by atoms with Crippen LogP contribution in [0.5, 0.6) is 0 Å². The van der Waals surface area contributed by atoms with Gasteiger partial charge in [-0.2, -0.15) is 0 Å². The standard InChI is InChI=1S/C9H15NO/c1-2-3-4-5-10-6-8-11-9-7-10/h3H,1,4-9H2. The van der Waals surface area contributed by atoms with Gasteiger partial charge in [0, 0.05) is 19.6 Å². The molecule has 1 saturated heterocycles. The van der Waals surface area contributed by atoms with Gasteiger partial charge in [0.15, 0.2) is 0 Å². The average Bonchev–Trinajstić information content (AvgIpc) is 2.07. The number of nitrogens with zero attached hydrogens (tertiary/aromatic N) is 1. The smallest absolute Gasteiger partial charge is 0.0594 e. The van der Waals surface area contributed by atoms with Crippen molar-refractivity contribution in [3.63, 3.8) is 0 Å². The van der Waals surface area contributed by atoms with Crippen molar-refractivity contribution in [3.8, 4) is 0 Å². The Labute approximate surface area is 68.1 Å². The molecular weight excluding hydrogens is 138 g/mol. The minimum absolute atomic E-state index is 0.887. The zero-order valence-electron chi connectivity index (χ0n) is 6.88. The van der Waals surface area contributed by atoms with Crippen LogP contribution in [0.4, 0.5) is 0 Å². The molecule has 0 amide bonds. The first-order valence-corrected chi connectivity index (χ1v) is 4.08. The molecule has 0 aromatic carbocycles. The van der Waals surface area contributed by atoms with Crippen molar-refractivity contribution in [1.82, 2.24) is 4.90 Å². The molecule has 1 rings (SSSR count). The molecule has 2 nitrogen and oxygen atoms in total. The van der Waals surface area contributed by atoms with Crippen LogP contribution in [0.25, 0.3) is 0 Å². The summed E-state index contributed by atoms with van der Waals surface area (Å²) in [5.41, 5.74) is 2.77. The molecular formula is C9H15NO. The van der Waals surface area contributed by atoms with Crippen molar-refractivity contribution in [2.75, 3.05) is 32.8 Å². The Morgan fingerprint density at radius 1 is 1.45 bits per heavy atom. The summed E-state index contributed by atoms with van der Waals surface area (Å²) in [6.45, 7) is 8.56. The summed E-state index contributed by atoms with van der Waals surface area (Å²) in [5.74, 6) is 0. The molecule has 0 bridgehead atoms. The summed E-state index contributed by atoms with van der Waals surface area (Å²) in [4.78, 5) is 2.40. The lowest BCUT2D eigenvalue weighted by molar-refractivity contribution is 0.0387. The summed E-state index contributed by atoms with van der Waals surface area (Å²) in [5, 5.41) is 0. The maximum atomic E-state index is 5.23. The molecule has 1 aliphatic heterocycles. The SMILES string of the molecule is C=C=CCCN1CCOCC1. The molecule has 11 heavy (non-hydrogen) atoms. The van der Waals surface area contributed by atoms with Gasteiger partial charge in [0.25, 0.3) is 0 Å². The first-order valence-electron chi connectivity index (χ1n) is 4.08. The van der Waals surface area contributed by atoms with E-state index in [-0.39, 0.29) is 0 Å². The van der Waals surface area contributed by atoms with Gasteiger partial charge in [-0.25, -0.2) is 0 Å². The maximum absolute atomic E-state index is 5.23. The first kappa shape index (κ1) is 8.54. The fraction of sp³-hybridized carbons (Fsp3) is 0.667. The Morgan fingerprint density at radius 2 is 2.18 bits per heavy atom. The third-order valence-electron chi connectivity index (χ3n) is 1.84. The molecule has 0 atom stereocenters. The number of ether oxygens (including phenoxy) is 1. The molecule has 0 radical (unpaired) electrons. The molecule has 0 aliphatic carbocycles. The summed E-state index contributed by atoms with van der Waals surface area (Å²) in [6.07, 6.45) is 3.04. The highest BCUT2D eigenvalue weighted by Gasteiger charge is 2.07. The van der Waals surface area contributed by atoms with Crippen LogP contribution in [-0.2, 0) is 4.74 Å². The van der Waals surface area contributed by atoms with E-state index in [4.69, 9.17) is 4.74 Å². The lowest BCUT2D eigenvalue weighted by Gasteiger charge is -2.25. The van der Waals surface area contributed by atoms with Crippen LogP contribution in [0.1, 0.15) is 6.42 Å². The van der Waals surface area contributed by atoms with E-state index in [2.05, 4.69) is 17.2 Å². The van der Waals surface area contributed by atoms with Gasteiger partial charge in [-0.05, 0) is 12.5 Å². The molecule has 1 heterocycles. The van der Waals surface area contributed by atoms with Gasteiger partial charge < -0.3 is 4.74 Å². The van der Waals surface area contributed by atoms with Gasteiger partial charge in [-0.3, -0.25) is 4.90 Å². The van der Waals surface area contributed by atoms with E-state index in [1.165, 1.54) is 0 Å². The molecule has 1 aliphatic rings. The molecule has 0 saturated carbocycles. The van der Waals surface area contributed by atoms with Crippen LogP contribution in [0.15, 0.2) is 18.4 Å². The largest absolute Gasteiger partial charge is 0.379 e. The molecule has 2 heteroatoms.